The van der Waals surface area contributed by atoms with Gasteiger partial charge in [-0.2, -0.15) is 0 Å². The third-order valence-corrected chi connectivity index (χ3v) is 4.10. The second kappa shape index (κ2) is 6.95. The summed E-state index contributed by atoms with van der Waals surface area (Å²) in [6, 6.07) is 12.8. The lowest BCUT2D eigenvalue weighted by molar-refractivity contribution is 0.0644. The predicted molar refractivity (Wildman–Crippen MR) is 94.4 cm³/mol. The van der Waals surface area contributed by atoms with E-state index < -0.39 is 0 Å². The highest BCUT2D eigenvalue weighted by molar-refractivity contribution is 6.08. The van der Waals surface area contributed by atoms with Gasteiger partial charge in [0.25, 0.3) is 5.91 Å². The minimum absolute atomic E-state index is 0.158. The first-order chi connectivity index (χ1) is 10.5. The van der Waals surface area contributed by atoms with E-state index in [9.17, 15) is 4.79 Å². The summed E-state index contributed by atoms with van der Waals surface area (Å²) in [5.41, 5.74) is 2.06. The van der Waals surface area contributed by atoms with Crippen LogP contribution in [0.3, 0.4) is 0 Å². The lowest BCUT2D eigenvalue weighted by Gasteiger charge is -2.32. The van der Waals surface area contributed by atoms with Gasteiger partial charge < -0.3 is 4.90 Å². The van der Waals surface area contributed by atoms with Crippen LogP contribution in [-0.4, -0.2) is 22.9 Å². The average molecular weight is 297 g/mol. The largest absolute Gasteiger partial charge is 0.334 e. The smallest absolute Gasteiger partial charge is 0.255 e. The zero-order valence-corrected chi connectivity index (χ0v) is 14.4. The Morgan fingerprint density at radius 1 is 1.00 bits per heavy atom. The lowest BCUT2D eigenvalue weighted by Crippen LogP contribution is -2.42. The number of amides is 1. The lowest BCUT2D eigenvalue weighted by atomic mass is 9.94. The summed E-state index contributed by atoms with van der Waals surface area (Å²) in [5, 5.41) is 2.21. The molecule has 118 valence electrons. The summed E-state index contributed by atoms with van der Waals surface area (Å²) in [7, 11) is 0. The standard InChI is InChI=1S/C20H27NO/c1-6-9-17-13-12-16-10-7-8-11-18(16)19(17)20(22)21(14(2)3)15(4)5/h7-8,10-15H,6,9H2,1-5H3. The molecule has 0 atom stereocenters. The van der Waals surface area contributed by atoms with Gasteiger partial charge >= 0.3 is 0 Å². The molecule has 2 nitrogen and oxygen atoms in total. The maximum Gasteiger partial charge on any atom is 0.255 e. The zero-order valence-electron chi connectivity index (χ0n) is 14.4. The van der Waals surface area contributed by atoms with Crippen molar-refractivity contribution in [2.75, 3.05) is 0 Å². The highest BCUT2D eigenvalue weighted by Crippen LogP contribution is 2.26. The van der Waals surface area contributed by atoms with Crippen LogP contribution in [0.2, 0.25) is 0 Å². The van der Waals surface area contributed by atoms with Crippen molar-refractivity contribution in [3.8, 4) is 0 Å². The molecular formula is C20H27NO. The Hall–Kier alpha value is -1.83. The maximum atomic E-state index is 13.3. The second-order valence-corrected chi connectivity index (χ2v) is 6.47. The van der Waals surface area contributed by atoms with Crippen molar-refractivity contribution in [3.63, 3.8) is 0 Å². The Kier molecular flexibility index (Phi) is 5.23. The molecule has 0 N–H and O–H groups in total. The Labute approximate surface area is 134 Å². The normalized spacial score (nSPS) is 11.4. The Morgan fingerprint density at radius 2 is 1.64 bits per heavy atom. The number of carbonyl (C=O) groups is 1. The molecule has 22 heavy (non-hydrogen) atoms. The van der Waals surface area contributed by atoms with Crippen molar-refractivity contribution in [1.29, 1.82) is 0 Å². The van der Waals surface area contributed by atoms with Crippen LogP contribution in [0.15, 0.2) is 36.4 Å². The molecule has 0 saturated heterocycles. The van der Waals surface area contributed by atoms with Crippen molar-refractivity contribution in [2.24, 2.45) is 0 Å². The van der Waals surface area contributed by atoms with Crippen molar-refractivity contribution in [1.82, 2.24) is 4.90 Å². The van der Waals surface area contributed by atoms with E-state index in [1.165, 1.54) is 0 Å². The molecule has 0 unspecified atom stereocenters. The van der Waals surface area contributed by atoms with Crippen molar-refractivity contribution < 1.29 is 4.79 Å². The van der Waals surface area contributed by atoms with Crippen LogP contribution in [0.4, 0.5) is 0 Å². The summed E-state index contributed by atoms with van der Waals surface area (Å²) in [4.78, 5) is 15.3. The van der Waals surface area contributed by atoms with E-state index in [2.05, 4.69) is 58.9 Å². The second-order valence-electron chi connectivity index (χ2n) is 6.47. The molecule has 0 spiro atoms. The van der Waals surface area contributed by atoms with Crippen molar-refractivity contribution in [2.45, 2.75) is 59.5 Å². The highest BCUT2D eigenvalue weighted by Gasteiger charge is 2.25. The molecule has 0 fully saturated rings. The Balaban J connectivity index is 2.65. The predicted octanol–water partition coefficient (Wildman–Crippen LogP) is 5.05. The van der Waals surface area contributed by atoms with Gasteiger partial charge in [0.15, 0.2) is 0 Å². The van der Waals surface area contributed by atoms with Crippen LogP contribution in [-0.2, 0) is 6.42 Å². The number of rotatable bonds is 5. The summed E-state index contributed by atoms with van der Waals surface area (Å²) >= 11 is 0. The Bertz CT molecular complexity index is 650. The number of aryl methyl sites for hydroxylation is 1. The van der Waals surface area contributed by atoms with Crippen LogP contribution in [0.1, 0.15) is 57.0 Å². The van der Waals surface area contributed by atoms with Crippen LogP contribution in [0, 0.1) is 0 Å². The summed E-state index contributed by atoms with van der Waals surface area (Å²) < 4.78 is 0. The highest BCUT2D eigenvalue weighted by atomic mass is 16.2. The molecule has 0 bridgehead atoms. The summed E-state index contributed by atoms with van der Waals surface area (Å²) in [6.45, 7) is 10.5. The van der Waals surface area contributed by atoms with E-state index in [-0.39, 0.29) is 18.0 Å². The first kappa shape index (κ1) is 16.5. The molecule has 2 rings (SSSR count). The van der Waals surface area contributed by atoms with E-state index >= 15 is 0 Å². The van der Waals surface area contributed by atoms with Gasteiger partial charge in [0.05, 0.1) is 5.56 Å². The van der Waals surface area contributed by atoms with E-state index in [1.54, 1.807) is 0 Å². The molecule has 2 heteroatoms. The van der Waals surface area contributed by atoms with Crippen LogP contribution in [0.25, 0.3) is 10.8 Å². The van der Waals surface area contributed by atoms with Crippen LogP contribution < -0.4 is 0 Å². The molecule has 0 aromatic heterocycles. The maximum absolute atomic E-state index is 13.3. The van der Waals surface area contributed by atoms with Crippen LogP contribution in [0.5, 0.6) is 0 Å². The molecular weight excluding hydrogens is 270 g/mol. The summed E-state index contributed by atoms with van der Waals surface area (Å²) in [6.07, 6.45) is 1.98. The van der Waals surface area contributed by atoms with Gasteiger partial charge in [-0.3, -0.25) is 4.79 Å². The number of hydrogen-bond donors (Lipinski definition) is 0. The van der Waals surface area contributed by atoms with Gasteiger partial charge in [-0.05, 0) is 50.5 Å². The number of nitrogens with zero attached hydrogens (tertiary/aromatic N) is 1. The van der Waals surface area contributed by atoms with Gasteiger partial charge in [-0.15, -0.1) is 0 Å². The molecule has 0 aliphatic carbocycles. The monoisotopic (exact) mass is 297 g/mol. The first-order valence-electron chi connectivity index (χ1n) is 8.30. The molecule has 2 aromatic carbocycles. The third kappa shape index (κ3) is 3.16. The Morgan fingerprint density at radius 3 is 2.23 bits per heavy atom. The molecule has 0 saturated carbocycles. The van der Waals surface area contributed by atoms with E-state index in [4.69, 9.17) is 0 Å². The fourth-order valence-corrected chi connectivity index (χ4v) is 3.24. The van der Waals surface area contributed by atoms with Gasteiger partial charge in [0.1, 0.15) is 0 Å². The molecule has 1 amide bonds. The van der Waals surface area contributed by atoms with E-state index in [0.717, 1.165) is 34.7 Å². The van der Waals surface area contributed by atoms with Gasteiger partial charge in [0, 0.05) is 12.1 Å². The van der Waals surface area contributed by atoms with Gasteiger partial charge in [-0.25, -0.2) is 0 Å². The topological polar surface area (TPSA) is 20.3 Å². The minimum Gasteiger partial charge on any atom is -0.334 e. The first-order valence-corrected chi connectivity index (χ1v) is 8.30. The average Bonchev–Trinajstić information content (AvgIpc) is 2.46. The molecule has 0 heterocycles. The zero-order chi connectivity index (χ0) is 16.3. The number of benzene rings is 2. The number of fused-ring (bicyclic) bond motifs is 1. The van der Waals surface area contributed by atoms with Crippen molar-refractivity contribution >= 4 is 16.7 Å². The van der Waals surface area contributed by atoms with E-state index in [0.29, 0.717) is 0 Å². The third-order valence-electron chi connectivity index (χ3n) is 4.10. The van der Waals surface area contributed by atoms with E-state index in [1.807, 2.05) is 17.0 Å². The molecule has 0 radical (unpaired) electrons. The fraction of sp³-hybridized carbons (Fsp3) is 0.450. The van der Waals surface area contributed by atoms with Crippen LogP contribution >= 0.6 is 0 Å². The molecule has 0 aliphatic heterocycles. The van der Waals surface area contributed by atoms with Gasteiger partial charge in [-0.1, -0.05) is 49.7 Å². The minimum atomic E-state index is 0.158. The van der Waals surface area contributed by atoms with Gasteiger partial charge in [0.2, 0.25) is 0 Å². The molecule has 0 aliphatic rings. The van der Waals surface area contributed by atoms with Crippen molar-refractivity contribution in [3.05, 3.63) is 47.5 Å². The molecule has 2 aromatic rings. The summed E-state index contributed by atoms with van der Waals surface area (Å²) in [5.74, 6) is 0.158. The quantitative estimate of drug-likeness (QED) is 0.756. The SMILES string of the molecule is CCCc1ccc2ccccc2c1C(=O)N(C(C)C)C(C)C. The number of carbonyl (C=O) groups excluding carboxylic acids is 1. The number of hydrogen-bond acceptors (Lipinski definition) is 1. The fourth-order valence-electron chi connectivity index (χ4n) is 3.24.